The Kier molecular flexibility index (Phi) is 3.00. The largest absolute Gasteiger partial charge is 0.312 e. The number of fused-ring (bicyclic) bond motifs is 1. The van der Waals surface area contributed by atoms with Gasteiger partial charge in [0.25, 0.3) is 0 Å². The number of likely N-dealkylation sites (N-methyl/N-ethyl adjacent to an activating group) is 1. The molecule has 1 unspecified atom stereocenters. The zero-order chi connectivity index (χ0) is 15.3. The number of carbonyl (C=O) groups excluding carboxylic acids is 1. The average molecular weight is 301 g/mol. The molecule has 2 aromatic heterocycles. The number of aromatic nitrogens is 5. The van der Waals surface area contributed by atoms with Gasteiger partial charge in [0, 0.05) is 17.7 Å². The molecule has 2 aromatic rings. The summed E-state index contributed by atoms with van der Waals surface area (Å²) in [6.45, 7) is 3.09. The Morgan fingerprint density at radius 1 is 1.41 bits per heavy atom. The molecule has 2 aliphatic rings. The lowest BCUT2D eigenvalue weighted by Crippen LogP contribution is -2.48. The molecule has 1 aliphatic heterocycles. The molecule has 0 spiro atoms. The fourth-order valence-electron chi connectivity index (χ4n) is 2.92. The van der Waals surface area contributed by atoms with Crippen molar-refractivity contribution in [3.8, 4) is 0 Å². The van der Waals surface area contributed by atoms with E-state index in [1.807, 2.05) is 29.5 Å². The number of H-pyrrole nitrogens is 1. The van der Waals surface area contributed by atoms with Crippen LogP contribution in [-0.4, -0.2) is 48.9 Å². The summed E-state index contributed by atoms with van der Waals surface area (Å²) in [6, 6.07) is 1.69. The Labute approximate surface area is 127 Å². The predicted molar refractivity (Wildman–Crippen MR) is 79.2 cm³/mol. The third-order valence-corrected chi connectivity index (χ3v) is 4.46. The highest BCUT2D eigenvalue weighted by Crippen LogP contribution is 2.39. The number of hydrogen-bond donors (Lipinski definition) is 2. The number of nitrogens with one attached hydrogen (secondary N) is 2. The second-order valence-corrected chi connectivity index (χ2v) is 6.18. The van der Waals surface area contributed by atoms with E-state index >= 15 is 0 Å². The minimum absolute atomic E-state index is 0.0462. The second-order valence-electron chi connectivity index (χ2n) is 6.18. The molecule has 1 saturated carbocycles. The monoisotopic (exact) mass is 301 g/mol. The predicted octanol–water partition coefficient (Wildman–Crippen LogP) is 0.640. The van der Waals surface area contributed by atoms with E-state index in [9.17, 15) is 4.79 Å². The van der Waals surface area contributed by atoms with Crippen LogP contribution in [0.15, 0.2) is 6.07 Å². The van der Waals surface area contributed by atoms with Gasteiger partial charge in [0.05, 0.1) is 13.1 Å². The summed E-state index contributed by atoms with van der Waals surface area (Å²) in [7, 11) is 1.93. The molecule has 1 aliphatic carbocycles. The Morgan fingerprint density at radius 2 is 2.23 bits per heavy atom. The first-order valence-corrected chi connectivity index (χ1v) is 7.57. The number of rotatable bonds is 3. The molecule has 0 saturated heterocycles. The Hall–Kier alpha value is -2.22. The minimum Gasteiger partial charge on any atom is -0.312 e. The van der Waals surface area contributed by atoms with Gasteiger partial charge in [-0.15, -0.1) is 10.2 Å². The smallest absolute Gasteiger partial charge is 0.244 e. The van der Waals surface area contributed by atoms with Gasteiger partial charge in [0.15, 0.2) is 5.82 Å². The van der Waals surface area contributed by atoms with Crippen LogP contribution in [-0.2, 0) is 17.9 Å². The maximum absolute atomic E-state index is 12.6. The van der Waals surface area contributed by atoms with Gasteiger partial charge < -0.3 is 9.88 Å². The molecular formula is C14H19N7O. The summed E-state index contributed by atoms with van der Waals surface area (Å²) < 4.78 is 2.00. The first-order chi connectivity index (χ1) is 10.6. The molecule has 1 amide bonds. The van der Waals surface area contributed by atoms with Gasteiger partial charge in [-0.1, -0.05) is 0 Å². The first kappa shape index (κ1) is 13.4. The van der Waals surface area contributed by atoms with E-state index in [1.165, 1.54) is 12.8 Å². The molecular weight excluding hydrogens is 282 g/mol. The first-order valence-electron chi connectivity index (χ1n) is 7.57. The molecule has 1 fully saturated rings. The van der Waals surface area contributed by atoms with E-state index in [-0.39, 0.29) is 11.9 Å². The lowest BCUT2D eigenvalue weighted by molar-refractivity contribution is -0.122. The highest BCUT2D eigenvalue weighted by atomic mass is 16.2. The van der Waals surface area contributed by atoms with Gasteiger partial charge >= 0.3 is 0 Å². The van der Waals surface area contributed by atoms with Gasteiger partial charge in [0.1, 0.15) is 17.7 Å². The van der Waals surface area contributed by atoms with Crippen molar-refractivity contribution in [1.82, 2.24) is 29.9 Å². The maximum atomic E-state index is 12.6. The van der Waals surface area contributed by atoms with E-state index in [0.29, 0.717) is 24.8 Å². The Bertz CT molecular complexity index is 715. The number of carbonyl (C=O) groups is 1. The van der Waals surface area contributed by atoms with Crippen molar-refractivity contribution < 1.29 is 4.79 Å². The van der Waals surface area contributed by atoms with Crippen molar-refractivity contribution in [2.45, 2.75) is 44.8 Å². The van der Waals surface area contributed by atoms with E-state index < -0.39 is 0 Å². The van der Waals surface area contributed by atoms with Crippen LogP contribution >= 0.6 is 0 Å². The number of aryl methyl sites for hydroxylation is 1. The zero-order valence-electron chi connectivity index (χ0n) is 12.7. The molecule has 0 aromatic carbocycles. The van der Waals surface area contributed by atoms with Crippen LogP contribution < -0.4 is 5.32 Å². The van der Waals surface area contributed by atoms with Gasteiger partial charge in [0.2, 0.25) is 5.91 Å². The van der Waals surface area contributed by atoms with Crippen LogP contribution in [0.5, 0.6) is 0 Å². The van der Waals surface area contributed by atoms with Gasteiger partial charge in [-0.05, 0) is 26.8 Å². The van der Waals surface area contributed by atoms with Crippen LogP contribution in [0.1, 0.15) is 36.1 Å². The second kappa shape index (κ2) is 4.91. The summed E-state index contributed by atoms with van der Waals surface area (Å²) in [5, 5.41) is 18.3. The van der Waals surface area contributed by atoms with E-state index in [2.05, 4.69) is 25.7 Å². The molecule has 0 radical (unpaired) electrons. The molecule has 116 valence electrons. The lowest BCUT2D eigenvalue weighted by atomic mass is 10.2. The number of amides is 1. The highest BCUT2D eigenvalue weighted by molar-refractivity contribution is 5.94. The minimum atomic E-state index is -0.247. The van der Waals surface area contributed by atoms with Crippen LogP contribution in [0.3, 0.4) is 0 Å². The van der Waals surface area contributed by atoms with Gasteiger partial charge in [-0.3, -0.25) is 14.8 Å². The molecule has 2 N–H and O–H groups in total. The molecule has 4 rings (SSSR count). The summed E-state index contributed by atoms with van der Waals surface area (Å²) >= 11 is 0. The molecule has 1 atom stereocenters. The fraction of sp³-hybridized carbons (Fsp3) is 0.571. The number of nitrogens with zero attached hydrogens (tertiary/aromatic N) is 5. The van der Waals surface area contributed by atoms with Gasteiger partial charge in [-0.2, -0.15) is 5.10 Å². The highest BCUT2D eigenvalue weighted by Gasteiger charge is 2.32. The molecule has 0 bridgehead atoms. The molecule has 8 nitrogen and oxygen atoms in total. The van der Waals surface area contributed by atoms with Crippen molar-refractivity contribution in [3.63, 3.8) is 0 Å². The zero-order valence-corrected chi connectivity index (χ0v) is 12.7. The lowest BCUT2D eigenvalue weighted by Gasteiger charge is -2.31. The molecule has 3 heterocycles. The standard InChI is InChI=1S/C14H19N7O/c1-8-16-19-13-7-20(2)11(6-21(8)13)14(22)15-12-5-10(17-18-12)9-3-4-9/h5,9,11H,3-4,6-7H2,1-2H3,(H2,15,17,18,22). The van der Waals surface area contributed by atoms with Crippen LogP contribution in [0.4, 0.5) is 5.82 Å². The molecule has 22 heavy (non-hydrogen) atoms. The SMILES string of the molecule is Cc1nnc2n1CC(C(=O)Nc1cc(C3CC3)[nH]n1)N(C)C2. The third kappa shape index (κ3) is 2.29. The van der Waals surface area contributed by atoms with Crippen LogP contribution in [0.25, 0.3) is 0 Å². The fourth-order valence-corrected chi connectivity index (χ4v) is 2.92. The number of hydrogen-bond acceptors (Lipinski definition) is 5. The molecule has 8 heteroatoms. The number of aromatic amines is 1. The third-order valence-electron chi connectivity index (χ3n) is 4.46. The van der Waals surface area contributed by atoms with Crippen molar-refractivity contribution in [2.24, 2.45) is 0 Å². The van der Waals surface area contributed by atoms with E-state index in [1.54, 1.807) is 0 Å². The van der Waals surface area contributed by atoms with E-state index in [0.717, 1.165) is 17.3 Å². The maximum Gasteiger partial charge on any atom is 0.244 e. The summed E-state index contributed by atoms with van der Waals surface area (Å²) in [5.74, 6) is 2.90. The van der Waals surface area contributed by atoms with Crippen molar-refractivity contribution >= 4 is 11.7 Å². The van der Waals surface area contributed by atoms with E-state index in [4.69, 9.17) is 0 Å². The Balaban J connectivity index is 1.48. The summed E-state index contributed by atoms with van der Waals surface area (Å²) in [6.07, 6.45) is 2.41. The average Bonchev–Trinajstić information content (AvgIpc) is 3.15. The quantitative estimate of drug-likeness (QED) is 0.868. The topological polar surface area (TPSA) is 91.7 Å². The van der Waals surface area contributed by atoms with Crippen LogP contribution in [0.2, 0.25) is 0 Å². The number of anilines is 1. The summed E-state index contributed by atoms with van der Waals surface area (Å²) in [5.41, 5.74) is 1.12. The van der Waals surface area contributed by atoms with Crippen LogP contribution in [0, 0.1) is 6.92 Å². The van der Waals surface area contributed by atoms with Crippen molar-refractivity contribution in [2.75, 3.05) is 12.4 Å². The van der Waals surface area contributed by atoms with Crippen molar-refractivity contribution in [3.05, 3.63) is 23.4 Å². The van der Waals surface area contributed by atoms with Crippen molar-refractivity contribution in [1.29, 1.82) is 0 Å². The normalized spacial score (nSPS) is 21.6. The van der Waals surface area contributed by atoms with Gasteiger partial charge in [-0.25, -0.2) is 0 Å². The summed E-state index contributed by atoms with van der Waals surface area (Å²) in [4.78, 5) is 14.5. The Morgan fingerprint density at radius 3 is 3.00 bits per heavy atom.